The highest BCUT2D eigenvalue weighted by molar-refractivity contribution is 5.27. The maximum atomic E-state index is 9.72. The Bertz CT molecular complexity index is 615. The van der Waals surface area contributed by atoms with Gasteiger partial charge in [0.2, 0.25) is 0 Å². The maximum Gasteiger partial charge on any atom is 0.120 e. The van der Waals surface area contributed by atoms with Crippen molar-refractivity contribution in [1.82, 2.24) is 0 Å². The highest BCUT2D eigenvalue weighted by atomic mass is 17.1. The Morgan fingerprint density at radius 2 is 1.20 bits per heavy atom. The highest BCUT2D eigenvalue weighted by Gasteiger charge is 2.34. The van der Waals surface area contributed by atoms with Crippen LogP contribution in [0.5, 0.6) is 0 Å². The minimum Gasteiger partial charge on any atom is -0.251 e. The second-order valence-electron chi connectivity index (χ2n) is 10.8. The van der Waals surface area contributed by atoms with Crippen molar-refractivity contribution in [3.63, 3.8) is 0 Å². The Morgan fingerprint density at radius 1 is 0.733 bits per heavy atom. The molecule has 1 unspecified atom stereocenters. The molecule has 1 N–H and O–H groups in total. The number of benzene rings is 1. The van der Waals surface area contributed by atoms with Crippen LogP contribution in [0.3, 0.4) is 0 Å². The van der Waals surface area contributed by atoms with Crippen LogP contribution in [0, 0.1) is 29.6 Å². The highest BCUT2D eigenvalue weighted by Crippen LogP contribution is 2.45. The molecule has 0 aromatic heterocycles. The van der Waals surface area contributed by atoms with E-state index in [9.17, 15) is 5.26 Å². The molecule has 3 aliphatic rings. The summed E-state index contributed by atoms with van der Waals surface area (Å²) in [7, 11) is 0. The van der Waals surface area contributed by atoms with E-state index in [1.54, 1.807) is 0 Å². The van der Waals surface area contributed by atoms with Crippen LogP contribution in [-0.4, -0.2) is 5.26 Å². The lowest BCUT2D eigenvalue weighted by atomic mass is 9.68. The molecule has 0 spiro atoms. The zero-order chi connectivity index (χ0) is 20.2. The van der Waals surface area contributed by atoms with Gasteiger partial charge in [0.15, 0.2) is 0 Å². The van der Waals surface area contributed by atoms with Gasteiger partial charge in [-0.1, -0.05) is 71.2 Å². The predicted octanol–water partition coefficient (Wildman–Crippen LogP) is 9.52. The van der Waals surface area contributed by atoms with Crippen LogP contribution in [0.25, 0.3) is 0 Å². The summed E-state index contributed by atoms with van der Waals surface area (Å²) in [4.78, 5) is 5.07. The molecule has 3 fully saturated rings. The molecule has 0 bridgehead atoms. The van der Waals surface area contributed by atoms with Crippen molar-refractivity contribution in [3.8, 4) is 0 Å². The minimum atomic E-state index is -0.150. The SMILES string of the molecule is C.CC1CCC(c2ccc(C(OO)C3CCC(C4CCC(C)CC4)CC3)cc2)CC1.[HH].[HH].[HH]. The predicted molar refractivity (Wildman–Crippen MR) is 133 cm³/mol. The summed E-state index contributed by atoms with van der Waals surface area (Å²) in [6.45, 7) is 4.79. The van der Waals surface area contributed by atoms with Gasteiger partial charge < -0.3 is 0 Å². The summed E-state index contributed by atoms with van der Waals surface area (Å²) in [5.74, 6) is 4.88. The van der Waals surface area contributed by atoms with Crippen molar-refractivity contribution in [2.24, 2.45) is 29.6 Å². The van der Waals surface area contributed by atoms with Gasteiger partial charge in [0.25, 0.3) is 0 Å². The molecule has 1 atom stereocenters. The summed E-state index contributed by atoms with van der Waals surface area (Å²) in [5.41, 5.74) is 2.64. The Labute approximate surface area is 190 Å². The van der Waals surface area contributed by atoms with E-state index in [4.69, 9.17) is 4.89 Å². The van der Waals surface area contributed by atoms with Gasteiger partial charge in [-0.3, -0.25) is 5.26 Å². The second kappa shape index (κ2) is 11.1. The Balaban J connectivity index is 0.00000256. The molecule has 0 amide bonds. The lowest BCUT2D eigenvalue weighted by Gasteiger charge is -2.38. The largest absolute Gasteiger partial charge is 0.251 e. The standard InChI is InChI=1S/C27H42O2.CH4.3H2/c1-19-3-7-21(8-4-19)23-11-15-25(16-12-23)27(29-28)26-17-13-24(14-18-26)22-9-5-20(2)6-10-22;;;;/h11-12,15-16,19-22,24,26-28H,3-10,13-14,17-18H2,1-2H3;1H4;3*1H. The minimum absolute atomic E-state index is 0. The zero-order valence-corrected chi connectivity index (χ0v) is 18.7. The first kappa shape index (κ1) is 23.8. The third-order valence-electron chi connectivity index (χ3n) is 8.84. The van der Waals surface area contributed by atoms with E-state index in [0.717, 1.165) is 35.2 Å². The summed E-state index contributed by atoms with van der Waals surface area (Å²) in [6.07, 6.45) is 16.0. The fourth-order valence-corrected chi connectivity index (χ4v) is 6.65. The van der Waals surface area contributed by atoms with Gasteiger partial charge in [0.1, 0.15) is 6.10 Å². The Hall–Kier alpha value is -0.860. The van der Waals surface area contributed by atoms with E-state index < -0.39 is 0 Å². The van der Waals surface area contributed by atoms with Crippen LogP contribution in [0.15, 0.2) is 24.3 Å². The third kappa shape index (κ3) is 5.68. The number of hydrogen-bond donors (Lipinski definition) is 1. The molecule has 1 aromatic rings. The fraction of sp³-hybridized carbons (Fsp3) is 0.786. The first-order chi connectivity index (χ1) is 14.1. The van der Waals surface area contributed by atoms with Gasteiger partial charge in [0.05, 0.1) is 0 Å². The van der Waals surface area contributed by atoms with Crippen molar-refractivity contribution in [2.45, 2.75) is 110 Å². The Morgan fingerprint density at radius 3 is 1.70 bits per heavy atom. The van der Waals surface area contributed by atoms with E-state index in [1.165, 1.54) is 82.6 Å². The molecule has 2 heteroatoms. The van der Waals surface area contributed by atoms with Gasteiger partial charge in [-0.15, -0.1) is 0 Å². The van der Waals surface area contributed by atoms with Gasteiger partial charge in [-0.05, 0) is 98.0 Å². The first-order valence-electron chi connectivity index (χ1n) is 12.5. The van der Waals surface area contributed by atoms with E-state index in [1.807, 2.05) is 0 Å². The summed E-state index contributed by atoms with van der Waals surface area (Å²) < 4.78 is 0. The molecule has 176 valence electrons. The molecule has 3 saturated carbocycles. The topological polar surface area (TPSA) is 29.5 Å². The average molecular weight is 421 g/mol. The molecule has 2 nitrogen and oxygen atoms in total. The van der Waals surface area contributed by atoms with E-state index in [-0.39, 0.29) is 17.8 Å². The van der Waals surface area contributed by atoms with Crippen molar-refractivity contribution in [3.05, 3.63) is 35.4 Å². The first-order valence-corrected chi connectivity index (χ1v) is 12.5. The third-order valence-corrected chi connectivity index (χ3v) is 8.84. The van der Waals surface area contributed by atoms with Crippen LogP contribution >= 0.6 is 0 Å². The lowest BCUT2D eigenvalue weighted by molar-refractivity contribution is -0.296. The molecule has 30 heavy (non-hydrogen) atoms. The molecular weight excluding hydrogens is 368 g/mol. The molecule has 0 heterocycles. The van der Waals surface area contributed by atoms with E-state index in [2.05, 4.69) is 38.1 Å². The number of rotatable bonds is 5. The molecular formula is C28H52O2. The lowest BCUT2D eigenvalue weighted by Crippen LogP contribution is -2.28. The van der Waals surface area contributed by atoms with Crippen molar-refractivity contribution >= 4 is 0 Å². The van der Waals surface area contributed by atoms with E-state index >= 15 is 0 Å². The summed E-state index contributed by atoms with van der Waals surface area (Å²) in [6, 6.07) is 9.05. The van der Waals surface area contributed by atoms with Crippen molar-refractivity contribution in [2.75, 3.05) is 0 Å². The van der Waals surface area contributed by atoms with Gasteiger partial charge in [0, 0.05) is 4.28 Å². The fourth-order valence-electron chi connectivity index (χ4n) is 6.65. The number of hydrogen-bond acceptors (Lipinski definition) is 2. The van der Waals surface area contributed by atoms with Crippen molar-refractivity contribution in [1.29, 1.82) is 0 Å². The summed E-state index contributed by atoms with van der Waals surface area (Å²) in [5, 5.41) is 9.72. The molecule has 3 aliphatic carbocycles. The van der Waals surface area contributed by atoms with Crippen molar-refractivity contribution < 1.29 is 14.4 Å². The van der Waals surface area contributed by atoms with Crippen LogP contribution in [-0.2, 0) is 4.89 Å². The molecule has 0 aliphatic heterocycles. The van der Waals surface area contributed by atoms with Gasteiger partial charge in [-0.25, -0.2) is 4.89 Å². The van der Waals surface area contributed by atoms with E-state index in [0.29, 0.717) is 5.92 Å². The molecule has 0 saturated heterocycles. The smallest absolute Gasteiger partial charge is 0.120 e. The van der Waals surface area contributed by atoms with Crippen LogP contribution in [0.2, 0.25) is 0 Å². The quantitative estimate of drug-likeness (QED) is 0.379. The van der Waals surface area contributed by atoms with Gasteiger partial charge >= 0.3 is 0 Å². The Kier molecular flexibility index (Phi) is 8.83. The molecule has 1 aromatic carbocycles. The molecule has 4 rings (SSSR count). The van der Waals surface area contributed by atoms with Crippen LogP contribution in [0.4, 0.5) is 0 Å². The zero-order valence-electron chi connectivity index (χ0n) is 18.7. The maximum absolute atomic E-state index is 9.72. The van der Waals surface area contributed by atoms with Gasteiger partial charge in [-0.2, -0.15) is 0 Å². The molecule has 0 radical (unpaired) electrons. The average Bonchev–Trinajstić information content (AvgIpc) is 2.76. The van der Waals surface area contributed by atoms with Crippen LogP contribution in [0.1, 0.15) is 126 Å². The summed E-state index contributed by atoms with van der Waals surface area (Å²) >= 11 is 0. The second-order valence-corrected chi connectivity index (χ2v) is 10.8. The van der Waals surface area contributed by atoms with Crippen LogP contribution < -0.4 is 0 Å². The normalized spacial score (nSPS) is 36.0. The monoisotopic (exact) mass is 420 g/mol.